The maximum Gasteiger partial charge on any atom is 0.247 e. The molecule has 0 aliphatic rings. The molecule has 0 unspecified atom stereocenters. The van der Waals surface area contributed by atoms with E-state index in [0.717, 1.165) is 22.6 Å². The SMILES string of the molecule is COc1ccc(C)cc1NCc1nnc(-c2ccccc2)o1. The molecular weight excluding hydrogens is 278 g/mol. The van der Waals surface area contributed by atoms with Crippen LogP contribution in [0.1, 0.15) is 11.5 Å². The van der Waals surface area contributed by atoms with E-state index in [1.807, 2.05) is 55.5 Å². The predicted octanol–water partition coefficient (Wildman–Crippen LogP) is 3.67. The summed E-state index contributed by atoms with van der Waals surface area (Å²) >= 11 is 0. The summed E-state index contributed by atoms with van der Waals surface area (Å²) in [5.41, 5.74) is 2.97. The van der Waals surface area contributed by atoms with Crippen molar-refractivity contribution in [2.45, 2.75) is 13.5 Å². The third kappa shape index (κ3) is 3.09. The van der Waals surface area contributed by atoms with E-state index < -0.39 is 0 Å². The summed E-state index contributed by atoms with van der Waals surface area (Å²) in [7, 11) is 1.65. The van der Waals surface area contributed by atoms with Gasteiger partial charge in [0.05, 0.1) is 19.3 Å². The lowest BCUT2D eigenvalue weighted by atomic mass is 10.2. The van der Waals surface area contributed by atoms with Crippen LogP contribution in [0.25, 0.3) is 11.5 Å². The van der Waals surface area contributed by atoms with E-state index >= 15 is 0 Å². The second-order valence-electron chi connectivity index (χ2n) is 4.92. The van der Waals surface area contributed by atoms with Gasteiger partial charge in [-0.25, -0.2) is 0 Å². The molecule has 0 aliphatic heterocycles. The molecule has 0 saturated carbocycles. The Morgan fingerprint density at radius 2 is 1.91 bits per heavy atom. The molecule has 1 aromatic heterocycles. The second-order valence-corrected chi connectivity index (χ2v) is 4.92. The standard InChI is InChI=1S/C17H17N3O2/c1-12-8-9-15(21-2)14(10-12)18-11-16-19-20-17(22-16)13-6-4-3-5-7-13/h3-10,18H,11H2,1-2H3. The van der Waals surface area contributed by atoms with Gasteiger partial charge in [0.15, 0.2) is 0 Å². The maximum absolute atomic E-state index is 5.67. The largest absolute Gasteiger partial charge is 0.495 e. The molecule has 1 heterocycles. The molecule has 22 heavy (non-hydrogen) atoms. The van der Waals surface area contributed by atoms with Crippen LogP contribution in [0.2, 0.25) is 0 Å². The zero-order chi connectivity index (χ0) is 15.4. The fraction of sp³-hybridized carbons (Fsp3) is 0.176. The van der Waals surface area contributed by atoms with E-state index in [1.165, 1.54) is 0 Å². The van der Waals surface area contributed by atoms with Crippen molar-refractivity contribution in [1.29, 1.82) is 0 Å². The van der Waals surface area contributed by atoms with Crippen LogP contribution in [0.5, 0.6) is 5.75 Å². The molecule has 1 N–H and O–H groups in total. The van der Waals surface area contributed by atoms with Crippen LogP contribution in [0.15, 0.2) is 52.9 Å². The third-order valence-corrected chi connectivity index (χ3v) is 3.27. The number of ether oxygens (including phenoxy) is 1. The minimum absolute atomic E-state index is 0.444. The molecule has 0 atom stereocenters. The summed E-state index contributed by atoms with van der Waals surface area (Å²) < 4.78 is 11.0. The summed E-state index contributed by atoms with van der Waals surface area (Å²) in [5, 5.41) is 11.4. The fourth-order valence-electron chi connectivity index (χ4n) is 2.15. The number of anilines is 1. The van der Waals surface area contributed by atoms with Crippen molar-refractivity contribution in [3.05, 3.63) is 60.0 Å². The van der Waals surface area contributed by atoms with E-state index in [4.69, 9.17) is 9.15 Å². The predicted molar refractivity (Wildman–Crippen MR) is 84.8 cm³/mol. The Balaban J connectivity index is 1.73. The minimum atomic E-state index is 0.444. The van der Waals surface area contributed by atoms with Gasteiger partial charge in [-0.05, 0) is 36.8 Å². The number of nitrogens with zero attached hydrogens (tertiary/aromatic N) is 2. The number of benzene rings is 2. The maximum atomic E-state index is 5.67. The summed E-state index contributed by atoms with van der Waals surface area (Å²) in [5.74, 6) is 1.84. The molecule has 0 radical (unpaired) electrons. The Morgan fingerprint density at radius 1 is 1.09 bits per heavy atom. The number of hydrogen-bond acceptors (Lipinski definition) is 5. The van der Waals surface area contributed by atoms with Crippen LogP contribution >= 0.6 is 0 Å². The Labute approximate surface area is 129 Å². The van der Waals surface area contributed by atoms with Crippen LogP contribution < -0.4 is 10.1 Å². The van der Waals surface area contributed by atoms with Gasteiger partial charge in [0, 0.05) is 5.56 Å². The highest BCUT2D eigenvalue weighted by Crippen LogP contribution is 2.26. The quantitative estimate of drug-likeness (QED) is 0.778. The molecule has 5 nitrogen and oxygen atoms in total. The number of rotatable bonds is 5. The zero-order valence-electron chi connectivity index (χ0n) is 12.5. The smallest absolute Gasteiger partial charge is 0.247 e. The highest BCUT2D eigenvalue weighted by Gasteiger charge is 2.09. The molecule has 3 aromatic rings. The van der Waals surface area contributed by atoms with Crippen LogP contribution in [0.3, 0.4) is 0 Å². The minimum Gasteiger partial charge on any atom is -0.495 e. The van der Waals surface area contributed by atoms with Crippen LogP contribution in [0, 0.1) is 6.92 Å². The Bertz CT molecular complexity index is 754. The summed E-state index contributed by atoms with van der Waals surface area (Å²) in [6, 6.07) is 15.7. The molecule has 112 valence electrons. The first-order valence-electron chi connectivity index (χ1n) is 7.02. The number of methoxy groups -OCH3 is 1. The Hall–Kier alpha value is -2.82. The van der Waals surface area contributed by atoms with Gasteiger partial charge in [-0.3, -0.25) is 0 Å². The van der Waals surface area contributed by atoms with Gasteiger partial charge in [-0.1, -0.05) is 24.3 Å². The Kier molecular flexibility index (Phi) is 4.05. The number of nitrogens with one attached hydrogen (secondary N) is 1. The van der Waals surface area contributed by atoms with Gasteiger partial charge in [0.2, 0.25) is 11.8 Å². The average Bonchev–Trinajstić information content (AvgIpc) is 3.03. The van der Waals surface area contributed by atoms with E-state index in [-0.39, 0.29) is 0 Å². The first-order valence-corrected chi connectivity index (χ1v) is 7.02. The molecular formula is C17H17N3O2. The molecule has 2 aromatic carbocycles. The van der Waals surface area contributed by atoms with Crippen molar-refractivity contribution in [3.8, 4) is 17.2 Å². The van der Waals surface area contributed by atoms with E-state index in [9.17, 15) is 0 Å². The van der Waals surface area contributed by atoms with Gasteiger partial charge in [-0.2, -0.15) is 0 Å². The van der Waals surface area contributed by atoms with Gasteiger partial charge in [-0.15, -0.1) is 10.2 Å². The van der Waals surface area contributed by atoms with Crippen LogP contribution in [-0.4, -0.2) is 17.3 Å². The summed E-state index contributed by atoms with van der Waals surface area (Å²) in [6.45, 7) is 2.48. The van der Waals surface area contributed by atoms with Crippen molar-refractivity contribution < 1.29 is 9.15 Å². The van der Waals surface area contributed by atoms with E-state index in [1.54, 1.807) is 7.11 Å². The zero-order valence-corrected chi connectivity index (χ0v) is 12.5. The molecule has 5 heteroatoms. The topological polar surface area (TPSA) is 60.2 Å². The fourth-order valence-corrected chi connectivity index (χ4v) is 2.15. The van der Waals surface area contributed by atoms with Gasteiger partial charge in [0.1, 0.15) is 5.75 Å². The molecule has 0 fully saturated rings. The van der Waals surface area contributed by atoms with Crippen LogP contribution in [0.4, 0.5) is 5.69 Å². The lowest BCUT2D eigenvalue weighted by Gasteiger charge is -2.10. The number of aromatic nitrogens is 2. The molecule has 0 saturated heterocycles. The molecule has 0 bridgehead atoms. The van der Waals surface area contributed by atoms with E-state index in [2.05, 4.69) is 15.5 Å². The summed E-state index contributed by atoms with van der Waals surface area (Å²) in [6.07, 6.45) is 0. The lowest BCUT2D eigenvalue weighted by molar-refractivity contribution is 0.416. The number of hydrogen-bond donors (Lipinski definition) is 1. The van der Waals surface area contributed by atoms with Gasteiger partial charge in [0.25, 0.3) is 0 Å². The highest BCUT2D eigenvalue weighted by molar-refractivity contribution is 5.58. The molecule has 0 spiro atoms. The first kappa shape index (κ1) is 14.1. The van der Waals surface area contributed by atoms with Crippen molar-refractivity contribution in [2.24, 2.45) is 0 Å². The number of aryl methyl sites for hydroxylation is 1. The highest BCUT2D eigenvalue weighted by atomic mass is 16.5. The third-order valence-electron chi connectivity index (χ3n) is 3.27. The van der Waals surface area contributed by atoms with Crippen molar-refractivity contribution in [2.75, 3.05) is 12.4 Å². The monoisotopic (exact) mass is 295 g/mol. The van der Waals surface area contributed by atoms with Gasteiger partial charge >= 0.3 is 0 Å². The summed E-state index contributed by atoms with van der Waals surface area (Å²) in [4.78, 5) is 0. The van der Waals surface area contributed by atoms with E-state index in [0.29, 0.717) is 18.3 Å². The van der Waals surface area contributed by atoms with Gasteiger partial charge < -0.3 is 14.5 Å². The Morgan fingerprint density at radius 3 is 2.68 bits per heavy atom. The average molecular weight is 295 g/mol. The van der Waals surface area contributed by atoms with Crippen LogP contribution in [-0.2, 0) is 6.54 Å². The van der Waals surface area contributed by atoms with Crippen molar-refractivity contribution in [1.82, 2.24) is 10.2 Å². The molecule has 0 aliphatic carbocycles. The van der Waals surface area contributed by atoms with Crippen molar-refractivity contribution >= 4 is 5.69 Å². The lowest BCUT2D eigenvalue weighted by Crippen LogP contribution is -2.02. The van der Waals surface area contributed by atoms with Crippen molar-refractivity contribution in [3.63, 3.8) is 0 Å². The molecule has 0 amide bonds. The molecule has 3 rings (SSSR count). The normalized spacial score (nSPS) is 10.5. The second kappa shape index (κ2) is 6.30. The first-order chi connectivity index (χ1) is 10.8.